The molecule has 20 heavy (non-hydrogen) atoms. The van der Waals surface area contributed by atoms with Crippen LogP contribution in [0, 0.1) is 6.92 Å². The zero-order valence-corrected chi connectivity index (χ0v) is 12.7. The Kier molecular flexibility index (Phi) is 4.93. The molecular formula is C16H16BrNO2. The molecule has 2 aromatic rings. The topological polar surface area (TPSA) is 49.3 Å². The number of rotatable bonds is 5. The summed E-state index contributed by atoms with van der Waals surface area (Å²) in [7, 11) is 0. The van der Waals surface area contributed by atoms with Gasteiger partial charge in [0.15, 0.2) is 0 Å². The highest BCUT2D eigenvalue weighted by Crippen LogP contribution is 2.18. The molecule has 2 rings (SSSR count). The molecule has 0 aromatic heterocycles. The molecular weight excluding hydrogens is 318 g/mol. The molecule has 0 bridgehead atoms. The maximum atomic E-state index is 11.4. The quantitative estimate of drug-likeness (QED) is 0.877. The summed E-state index contributed by atoms with van der Waals surface area (Å²) in [5.74, 6) is -0.870. The molecule has 104 valence electrons. The van der Waals surface area contributed by atoms with Crippen molar-refractivity contribution < 1.29 is 9.90 Å². The summed E-state index contributed by atoms with van der Waals surface area (Å²) in [4.78, 5) is 11.4. The summed E-state index contributed by atoms with van der Waals surface area (Å²) >= 11 is 3.45. The lowest BCUT2D eigenvalue weighted by Gasteiger charge is -2.15. The number of carbonyl (C=O) groups is 1. The number of hydrogen-bond donors (Lipinski definition) is 2. The lowest BCUT2D eigenvalue weighted by Crippen LogP contribution is -2.28. The fraction of sp³-hybridized carbons (Fsp3) is 0.188. The van der Waals surface area contributed by atoms with E-state index in [9.17, 15) is 9.90 Å². The van der Waals surface area contributed by atoms with Crippen LogP contribution >= 0.6 is 15.9 Å². The van der Waals surface area contributed by atoms with Crippen molar-refractivity contribution >= 4 is 21.9 Å². The maximum absolute atomic E-state index is 11.4. The predicted octanol–water partition coefficient (Wildman–Crippen LogP) is 3.67. The average Bonchev–Trinajstić information content (AvgIpc) is 2.44. The summed E-state index contributed by atoms with van der Waals surface area (Å²) in [5.41, 5.74) is 2.96. The largest absolute Gasteiger partial charge is 0.480 e. The second kappa shape index (κ2) is 6.68. The third-order valence-corrected chi connectivity index (χ3v) is 4.00. The first-order chi connectivity index (χ1) is 9.58. The van der Waals surface area contributed by atoms with E-state index in [1.54, 1.807) is 0 Å². The molecule has 0 aliphatic carbocycles. The zero-order chi connectivity index (χ0) is 14.5. The van der Waals surface area contributed by atoms with Crippen molar-refractivity contribution in [2.24, 2.45) is 0 Å². The van der Waals surface area contributed by atoms with Crippen LogP contribution in [-0.4, -0.2) is 11.1 Å². The van der Waals surface area contributed by atoms with E-state index < -0.39 is 12.0 Å². The van der Waals surface area contributed by atoms with Gasteiger partial charge in [0.25, 0.3) is 0 Å². The average molecular weight is 334 g/mol. The van der Waals surface area contributed by atoms with Gasteiger partial charge in [0.1, 0.15) is 6.04 Å². The van der Waals surface area contributed by atoms with Crippen molar-refractivity contribution in [2.45, 2.75) is 19.5 Å². The van der Waals surface area contributed by atoms with Crippen LogP contribution in [0.2, 0.25) is 0 Å². The highest BCUT2D eigenvalue weighted by molar-refractivity contribution is 9.10. The molecule has 0 heterocycles. The van der Waals surface area contributed by atoms with Crippen LogP contribution in [0.5, 0.6) is 0 Å². The van der Waals surface area contributed by atoms with Crippen molar-refractivity contribution in [1.29, 1.82) is 0 Å². The Hall–Kier alpha value is -1.65. The van der Waals surface area contributed by atoms with Crippen LogP contribution in [-0.2, 0) is 11.3 Å². The molecule has 0 saturated heterocycles. The number of aryl methyl sites for hydroxylation is 1. The Morgan fingerprint density at radius 2 is 1.95 bits per heavy atom. The Bertz CT molecular complexity index is 599. The third-order valence-electron chi connectivity index (χ3n) is 3.11. The van der Waals surface area contributed by atoms with E-state index in [0.717, 1.165) is 21.2 Å². The summed E-state index contributed by atoms with van der Waals surface area (Å²) < 4.78 is 1.05. The number of aliphatic carboxylic acids is 1. The minimum atomic E-state index is -0.870. The van der Waals surface area contributed by atoms with Crippen LogP contribution in [0.3, 0.4) is 0 Å². The minimum absolute atomic E-state index is 0.514. The SMILES string of the molecule is Cc1cc(CNC(C(=O)O)c2ccccc2)ccc1Br. The second-order valence-corrected chi connectivity index (χ2v) is 5.50. The van der Waals surface area contributed by atoms with Gasteiger partial charge < -0.3 is 5.11 Å². The highest BCUT2D eigenvalue weighted by atomic mass is 79.9. The van der Waals surface area contributed by atoms with Gasteiger partial charge in [0.05, 0.1) is 0 Å². The summed E-state index contributed by atoms with van der Waals surface area (Å²) in [6.07, 6.45) is 0. The molecule has 2 aromatic carbocycles. The Balaban J connectivity index is 2.10. The normalized spacial score (nSPS) is 12.1. The van der Waals surface area contributed by atoms with Crippen LogP contribution in [0.15, 0.2) is 53.0 Å². The van der Waals surface area contributed by atoms with Gasteiger partial charge >= 0.3 is 5.97 Å². The van der Waals surface area contributed by atoms with E-state index in [4.69, 9.17) is 0 Å². The van der Waals surface area contributed by atoms with Gasteiger partial charge in [-0.2, -0.15) is 0 Å². The van der Waals surface area contributed by atoms with E-state index in [1.807, 2.05) is 55.5 Å². The monoisotopic (exact) mass is 333 g/mol. The molecule has 0 aliphatic heterocycles. The van der Waals surface area contributed by atoms with Gasteiger partial charge in [-0.3, -0.25) is 10.1 Å². The molecule has 0 saturated carbocycles. The molecule has 1 unspecified atom stereocenters. The van der Waals surface area contributed by atoms with E-state index in [0.29, 0.717) is 6.54 Å². The maximum Gasteiger partial charge on any atom is 0.325 e. The molecule has 3 nitrogen and oxygen atoms in total. The Morgan fingerprint density at radius 1 is 1.25 bits per heavy atom. The van der Waals surface area contributed by atoms with Crippen molar-refractivity contribution in [2.75, 3.05) is 0 Å². The molecule has 4 heteroatoms. The molecule has 0 radical (unpaired) electrons. The third kappa shape index (κ3) is 3.68. The van der Waals surface area contributed by atoms with Crippen LogP contribution in [0.4, 0.5) is 0 Å². The van der Waals surface area contributed by atoms with Crippen LogP contribution in [0.25, 0.3) is 0 Å². The molecule has 0 spiro atoms. The van der Waals surface area contributed by atoms with Gasteiger partial charge in [0.2, 0.25) is 0 Å². The fourth-order valence-corrected chi connectivity index (χ4v) is 2.28. The smallest absolute Gasteiger partial charge is 0.325 e. The molecule has 0 fully saturated rings. The second-order valence-electron chi connectivity index (χ2n) is 4.65. The number of benzene rings is 2. The van der Waals surface area contributed by atoms with Crippen molar-refractivity contribution in [1.82, 2.24) is 5.32 Å². The van der Waals surface area contributed by atoms with Gasteiger partial charge in [-0.1, -0.05) is 58.4 Å². The van der Waals surface area contributed by atoms with E-state index in [1.165, 1.54) is 0 Å². The van der Waals surface area contributed by atoms with Crippen molar-refractivity contribution in [3.63, 3.8) is 0 Å². The van der Waals surface area contributed by atoms with Crippen LogP contribution in [0.1, 0.15) is 22.7 Å². The minimum Gasteiger partial charge on any atom is -0.480 e. The standard InChI is InChI=1S/C16H16BrNO2/c1-11-9-12(7-8-14(11)17)10-18-15(16(19)20)13-5-3-2-4-6-13/h2-9,15,18H,10H2,1H3,(H,19,20). The lowest BCUT2D eigenvalue weighted by molar-refractivity contribution is -0.139. The van der Waals surface area contributed by atoms with Crippen molar-refractivity contribution in [3.8, 4) is 0 Å². The number of carboxylic acids is 1. The number of carboxylic acid groups (broad SMARTS) is 1. The summed E-state index contributed by atoms with van der Waals surface area (Å²) in [5, 5.41) is 12.4. The number of halogens is 1. The van der Waals surface area contributed by atoms with Gasteiger partial charge in [-0.05, 0) is 29.7 Å². The summed E-state index contributed by atoms with van der Waals surface area (Å²) in [6.45, 7) is 2.53. The van der Waals surface area contributed by atoms with E-state index in [2.05, 4.69) is 21.2 Å². The molecule has 0 amide bonds. The number of nitrogens with one attached hydrogen (secondary N) is 1. The molecule has 2 N–H and O–H groups in total. The molecule has 1 atom stereocenters. The lowest BCUT2D eigenvalue weighted by atomic mass is 10.1. The zero-order valence-electron chi connectivity index (χ0n) is 11.1. The van der Waals surface area contributed by atoms with E-state index in [-0.39, 0.29) is 0 Å². The fourth-order valence-electron chi connectivity index (χ4n) is 2.03. The first-order valence-corrected chi connectivity index (χ1v) is 7.13. The summed E-state index contributed by atoms with van der Waals surface area (Å²) in [6, 6.07) is 14.5. The molecule has 0 aliphatic rings. The van der Waals surface area contributed by atoms with Gasteiger partial charge in [-0.25, -0.2) is 0 Å². The Morgan fingerprint density at radius 3 is 2.55 bits per heavy atom. The van der Waals surface area contributed by atoms with E-state index >= 15 is 0 Å². The van der Waals surface area contributed by atoms with Gasteiger partial charge in [0, 0.05) is 11.0 Å². The predicted molar refractivity (Wildman–Crippen MR) is 82.5 cm³/mol. The van der Waals surface area contributed by atoms with Crippen molar-refractivity contribution in [3.05, 3.63) is 69.7 Å². The number of hydrogen-bond acceptors (Lipinski definition) is 2. The highest BCUT2D eigenvalue weighted by Gasteiger charge is 2.18. The Labute approximate surface area is 126 Å². The first-order valence-electron chi connectivity index (χ1n) is 6.34. The van der Waals surface area contributed by atoms with Gasteiger partial charge in [-0.15, -0.1) is 0 Å². The first kappa shape index (κ1) is 14.8. The van der Waals surface area contributed by atoms with Crippen LogP contribution < -0.4 is 5.32 Å².